The van der Waals surface area contributed by atoms with Crippen molar-refractivity contribution in [3.05, 3.63) is 94.3 Å². The van der Waals surface area contributed by atoms with E-state index in [2.05, 4.69) is 10.3 Å². The van der Waals surface area contributed by atoms with Crippen molar-refractivity contribution in [2.75, 3.05) is 5.32 Å². The molecule has 144 valence electrons. The molecule has 4 aromatic rings. The maximum absolute atomic E-state index is 13.8. The lowest BCUT2D eigenvalue weighted by Crippen LogP contribution is -2.14. The van der Waals surface area contributed by atoms with Gasteiger partial charge in [0.1, 0.15) is 16.6 Å². The third-order valence-corrected chi connectivity index (χ3v) is 5.40. The molecule has 0 aliphatic heterocycles. The molecule has 4 rings (SSSR count). The maximum Gasteiger partial charge on any atom is 0.258 e. The number of carbonyl (C=O) groups excluding carboxylic acids is 1. The van der Waals surface area contributed by atoms with Crippen LogP contribution in [0.5, 0.6) is 0 Å². The van der Waals surface area contributed by atoms with Gasteiger partial charge in [-0.25, -0.2) is 13.8 Å². The second kappa shape index (κ2) is 8.11. The Morgan fingerprint density at radius 3 is 2.66 bits per heavy atom. The van der Waals surface area contributed by atoms with Crippen molar-refractivity contribution < 1.29 is 13.6 Å². The largest absolute Gasteiger partial charge is 0.322 e. The number of benzene rings is 3. The first-order chi connectivity index (χ1) is 14.0. The highest BCUT2D eigenvalue weighted by Crippen LogP contribution is 2.33. The second-order valence-electron chi connectivity index (χ2n) is 6.18. The molecule has 0 radical (unpaired) electrons. The van der Waals surface area contributed by atoms with E-state index in [-0.39, 0.29) is 5.56 Å². The van der Waals surface area contributed by atoms with Gasteiger partial charge in [-0.05, 0) is 36.4 Å². The van der Waals surface area contributed by atoms with Gasteiger partial charge in [0.15, 0.2) is 0 Å². The Hall–Kier alpha value is -3.09. The van der Waals surface area contributed by atoms with Gasteiger partial charge >= 0.3 is 0 Å². The lowest BCUT2D eigenvalue weighted by Gasteiger charge is -2.07. The van der Waals surface area contributed by atoms with E-state index in [0.717, 1.165) is 40.0 Å². The third-order valence-electron chi connectivity index (χ3n) is 4.20. The number of nitrogens with one attached hydrogen (secondary N) is 1. The Balaban J connectivity index is 1.59. The van der Waals surface area contributed by atoms with Crippen LogP contribution < -0.4 is 5.32 Å². The first-order valence-electron chi connectivity index (χ1n) is 8.58. The zero-order valence-corrected chi connectivity index (χ0v) is 16.4. The lowest BCUT2D eigenvalue weighted by atomic mass is 10.1. The van der Waals surface area contributed by atoms with Gasteiger partial charge in [0.25, 0.3) is 5.91 Å². The Morgan fingerprint density at radius 2 is 1.83 bits per heavy atom. The van der Waals surface area contributed by atoms with Gasteiger partial charge in [-0.15, -0.1) is 11.3 Å². The standard InChI is InChI=1S/C22H13ClF2N2OS/c23-18-7-2-1-6-16(18)22-27-20(12-29-22)13-4-3-5-15(10-13)26-21(28)17-11-14(24)8-9-19(17)25/h1-12H,(H,26,28). The molecule has 1 heterocycles. The minimum Gasteiger partial charge on any atom is -0.322 e. The zero-order valence-electron chi connectivity index (χ0n) is 14.8. The number of nitrogens with zero attached hydrogens (tertiary/aromatic N) is 1. The van der Waals surface area contributed by atoms with E-state index in [4.69, 9.17) is 11.6 Å². The molecule has 0 saturated carbocycles. The number of aromatic nitrogens is 1. The van der Waals surface area contributed by atoms with Crippen LogP contribution in [-0.2, 0) is 0 Å². The summed E-state index contributed by atoms with van der Waals surface area (Å²) in [5, 5.41) is 5.88. The van der Waals surface area contributed by atoms with Crippen molar-refractivity contribution in [2.45, 2.75) is 0 Å². The quantitative estimate of drug-likeness (QED) is 0.396. The molecule has 1 N–H and O–H groups in total. The van der Waals surface area contributed by atoms with Crippen LogP contribution in [0.1, 0.15) is 10.4 Å². The van der Waals surface area contributed by atoms with Crippen LogP contribution in [0.3, 0.4) is 0 Å². The van der Waals surface area contributed by atoms with E-state index in [0.29, 0.717) is 10.7 Å². The molecule has 0 fully saturated rings. The van der Waals surface area contributed by atoms with E-state index in [9.17, 15) is 13.6 Å². The molecule has 0 saturated heterocycles. The van der Waals surface area contributed by atoms with Crippen LogP contribution >= 0.6 is 22.9 Å². The fourth-order valence-corrected chi connectivity index (χ4v) is 3.94. The van der Waals surface area contributed by atoms with E-state index in [1.807, 2.05) is 29.6 Å². The summed E-state index contributed by atoms with van der Waals surface area (Å²) in [6.07, 6.45) is 0. The summed E-state index contributed by atoms with van der Waals surface area (Å²) in [4.78, 5) is 16.9. The molecule has 0 bridgehead atoms. The molecule has 0 spiro atoms. The molecular formula is C22H13ClF2N2OS. The summed E-state index contributed by atoms with van der Waals surface area (Å²) in [5.74, 6) is -2.20. The van der Waals surface area contributed by atoms with Crippen molar-refractivity contribution >= 4 is 34.5 Å². The summed E-state index contributed by atoms with van der Waals surface area (Å²) < 4.78 is 27.2. The highest BCUT2D eigenvalue weighted by atomic mass is 35.5. The summed E-state index contributed by atoms with van der Waals surface area (Å²) >= 11 is 7.70. The summed E-state index contributed by atoms with van der Waals surface area (Å²) in [5.41, 5.74) is 2.43. The maximum atomic E-state index is 13.8. The number of halogens is 3. The minimum atomic E-state index is -0.788. The number of amides is 1. The minimum absolute atomic E-state index is 0.356. The van der Waals surface area contributed by atoms with Gasteiger partial charge in [-0.1, -0.05) is 41.9 Å². The predicted molar refractivity (Wildman–Crippen MR) is 112 cm³/mol. The molecule has 1 aromatic heterocycles. The van der Waals surface area contributed by atoms with Gasteiger partial charge in [0.2, 0.25) is 0 Å². The van der Waals surface area contributed by atoms with Gasteiger partial charge < -0.3 is 5.32 Å². The number of carbonyl (C=O) groups is 1. The molecule has 0 atom stereocenters. The summed E-state index contributed by atoms with van der Waals surface area (Å²) in [7, 11) is 0. The first kappa shape index (κ1) is 19.2. The van der Waals surface area contributed by atoms with Crippen LogP contribution in [0.25, 0.3) is 21.8 Å². The van der Waals surface area contributed by atoms with Crippen LogP contribution in [0.15, 0.2) is 72.1 Å². The second-order valence-corrected chi connectivity index (χ2v) is 7.44. The van der Waals surface area contributed by atoms with E-state index in [1.54, 1.807) is 24.3 Å². The van der Waals surface area contributed by atoms with Gasteiger partial charge in [0.05, 0.1) is 16.3 Å². The van der Waals surface area contributed by atoms with Crippen LogP contribution in [-0.4, -0.2) is 10.9 Å². The molecular weight excluding hydrogens is 414 g/mol. The Bertz CT molecular complexity index is 1210. The fourth-order valence-electron chi connectivity index (χ4n) is 2.79. The highest BCUT2D eigenvalue weighted by Gasteiger charge is 2.14. The Labute approximate surface area is 174 Å². The SMILES string of the molecule is O=C(Nc1cccc(-c2csc(-c3ccccc3Cl)n2)c1)c1cc(F)ccc1F. The molecule has 3 nitrogen and oxygen atoms in total. The van der Waals surface area contributed by atoms with Gasteiger partial charge in [-0.3, -0.25) is 4.79 Å². The molecule has 1 amide bonds. The zero-order chi connectivity index (χ0) is 20.4. The number of thiazole rings is 1. The van der Waals surface area contributed by atoms with E-state index < -0.39 is 17.5 Å². The van der Waals surface area contributed by atoms with E-state index in [1.165, 1.54) is 11.3 Å². The number of anilines is 1. The number of rotatable bonds is 4. The number of hydrogen-bond acceptors (Lipinski definition) is 3. The highest BCUT2D eigenvalue weighted by molar-refractivity contribution is 7.13. The lowest BCUT2D eigenvalue weighted by molar-refractivity contribution is 0.102. The topological polar surface area (TPSA) is 42.0 Å². The molecule has 29 heavy (non-hydrogen) atoms. The Morgan fingerprint density at radius 1 is 1.00 bits per heavy atom. The van der Waals surface area contributed by atoms with Crippen molar-refractivity contribution in [1.29, 1.82) is 0 Å². The smallest absolute Gasteiger partial charge is 0.258 e. The average Bonchev–Trinajstić information content (AvgIpc) is 3.20. The van der Waals surface area contributed by atoms with Crippen LogP contribution in [0.2, 0.25) is 5.02 Å². The normalized spacial score (nSPS) is 10.7. The predicted octanol–water partition coefficient (Wildman–Crippen LogP) is 6.66. The molecule has 7 heteroatoms. The Kier molecular flexibility index (Phi) is 5.38. The summed E-state index contributed by atoms with van der Waals surface area (Å²) in [6, 6.07) is 17.2. The molecule has 0 aliphatic rings. The monoisotopic (exact) mass is 426 g/mol. The first-order valence-corrected chi connectivity index (χ1v) is 9.84. The van der Waals surface area contributed by atoms with Crippen molar-refractivity contribution in [3.63, 3.8) is 0 Å². The molecule has 0 unspecified atom stereocenters. The molecule has 3 aromatic carbocycles. The van der Waals surface area contributed by atoms with E-state index >= 15 is 0 Å². The van der Waals surface area contributed by atoms with Crippen LogP contribution in [0, 0.1) is 11.6 Å². The van der Waals surface area contributed by atoms with Crippen LogP contribution in [0.4, 0.5) is 14.5 Å². The average molecular weight is 427 g/mol. The van der Waals surface area contributed by atoms with Crippen molar-refractivity contribution in [1.82, 2.24) is 4.98 Å². The molecule has 0 aliphatic carbocycles. The third kappa shape index (κ3) is 4.18. The fraction of sp³-hybridized carbons (Fsp3) is 0. The van der Waals surface area contributed by atoms with Gasteiger partial charge in [-0.2, -0.15) is 0 Å². The van der Waals surface area contributed by atoms with Crippen molar-refractivity contribution in [3.8, 4) is 21.8 Å². The number of hydrogen-bond donors (Lipinski definition) is 1. The summed E-state index contributed by atoms with van der Waals surface area (Å²) in [6.45, 7) is 0. The van der Waals surface area contributed by atoms with Gasteiger partial charge in [0, 0.05) is 22.2 Å². The van der Waals surface area contributed by atoms with Crippen molar-refractivity contribution in [2.24, 2.45) is 0 Å².